The predicted molar refractivity (Wildman–Crippen MR) is 56.5 cm³/mol. The molecular weight excluding hydrogens is 174 g/mol. The minimum absolute atomic E-state index is 1.01. The lowest BCUT2D eigenvalue weighted by Crippen LogP contribution is -2.00. The third-order valence-corrected chi connectivity index (χ3v) is 2.52. The van der Waals surface area contributed by atoms with Crippen LogP contribution in [-0.2, 0) is 6.42 Å². The molecule has 0 aromatic heterocycles. The standard InChI is InChI=1S/C11H11N3/c12-14-13-8-10-6-3-5-9-4-1-2-7-11(9)10/h1-2,4,7-8H,3,5-6H2/b10-8-. The molecule has 1 aromatic carbocycles. The number of hydrogen-bond acceptors (Lipinski definition) is 1. The Hall–Kier alpha value is -1.73. The first-order valence-corrected chi connectivity index (χ1v) is 4.73. The molecular formula is C11H11N3. The molecule has 0 saturated carbocycles. The fourth-order valence-corrected chi connectivity index (χ4v) is 1.89. The maximum absolute atomic E-state index is 8.26. The molecule has 1 aromatic rings. The van der Waals surface area contributed by atoms with E-state index in [1.54, 1.807) is 6.20 Å². The van der Waals surface area contributed by atoms with Gasteiger partial charge in [-0.05, 0) is 41.5 Å². The first kappa shape index (κ1) is 8.85. The van der Waals surface area contributed by atoms with E-state index in [0.717, 1.165) is 24.8 Å². The van der Waals surface area contributed by atoms with Crippen LogP contribution in [0, 0.1) is 0 Å². The number of aryl methyl sites for hydroxylation is 1. The van der Waals surface area contributed by atoms with Crippen LogP contribution in [0.15, 0.2) is 35.6 Å². The Morgan fingerprint density at radius 3 is 3.00 bits per heavy atom. The lowest BCUT2D eigenvalue weighted by atomic mass is 9.88. The zero-order valence-electron chi connectivity index (χ0n) is 7.85. The van der Waals surface area contributed by atoms with Crippen LogP contribution in [0.1, 0.15) is 24.0 Å². The van der Waals surface area contributed by atoms with Gasteiger partial charge in [-0.25, -0.2) is 0 Å². The van der Waals surface area contributed by atoms with E-state index in [4.69, 9.17) is 5.53 Å². The van der Waals surface area contributed by atoms with E-state index in [1.807, 2.05) is 6.07 Å². The Labute approximate surface area is 82.7 Å². The molecule has 0 heterocycles. The van der Waals surface area contributed by atoms with Crippen molar-refractivity contribution in [2.24, 2.45) is 5.11 Å². The zero-order valence-corrected chi connectivity index (χ0v) is 7.85. The largest absolute Gasteiger partial charge is 0.0683 e. The second kappa shape index (κ2) is 3.99. The Morgan fingerprint density at radius 1 is 1.29 bits per heavy atom. The molecule has 0 aliphatic heterocycles. The highest BCUT2D eigenvalue weighted by molar-refractivity contribution is 5.69. The molecule has 0 radical (unpaired) electrons. The van der Waals surface area contributed by atoms with Crippen molar-refractivity contribution in [2.75, 3.05) is 0 Å². The molecule has 0 amide bonds. The summed E-state index contributed by atoms with van der Waals surface area (Å²) in [7, 11) is 0. The van der Waals surface area contributed by atoms with Gasteiger partial charge in [0.2, 0.25) is 0 Å². The fourth-order valence-electron chi connectivity index (χ4n) is 1.89. The average molecular weight is 185 g/mol. The SMILES string of the molecule is [N-]=[N+]=N/C=C1/CCCc2ccccc21. The number of nitrogens with zero attached hydrogens (tertiary/aromatic N) is 3. The summed E-state index contributed by atoms with van der Waals surface area (Å²) in [5, 5.41) is 3.51. The van der Waals surface area contributed by atoms with Gasteiger partial charge in [-0.15, -0.1) is 0 Å². The smallest absolute Gasteiger partial charge is 0.00476 e. The fraction of sp³-hybridized carbons (Fsp3) is 0.273. The number of benzene rings is 1. The van der Waals surface area contributed by atoms with Crippen molar-refractivity contribution in [3.05, 3.63) is 52.0 Å². The molecule has 0 N–H and O–H groups in total. The lowest BCUT2D eigenvalue weighted by molar-refractivity contribution is 0.821. The Morgan fingerprint density at radius 2 is 2.14 bits per heavy atom. The highest BCUT2D eigenvalue weighted by Gasteiger charge is 2.11. The maximum Gasteiger partial charge on any atom is 0.00476 e. The Bertz CT molecular complexity index is 414. The third kappa shape index (κ3) is 1.63. The van der Waals surface area contributed by atoms with Crippen LogP contribution in [0.2, 0.25) is 0 Å². The summed E-state index contributed by atoms with van der Waals surface area (Å²) in [6.07, 6.45) is 4.92. The van der Waals surface area contributed by atoms with Gasteiger partial charge in [-0.2, -0.15) is 0 Å². The molecule has 0 bridgehead atoms. The summed E-state index contributed by atoms with van der Waals surface area (Å²) >= 11 is 0. The van der Waals surface area contributed by atoms with E-state index in [1.165, 1.54) is 11.1 Å². The number of fused-ring (bicyclic) bond motifs is 1. The summed E-state index contributed by atoms with van der Waals surface area (Å²) in [5.74, 6) is 0. The van der Waals surface area contributed by atoms with Crippen LogP contribution >= 0.6 is 0 Å². The molecule has 1 aliphatic carbocycles. The molecule has 14 heavy (non-hydrogen) atoms. The molecule has 70 valence electrons. The first-order chi connectivity index (χ1) is 6.92. The summed E-state index contributed by atoms with van der Waals surface area (Å²) in [6, 6.07) is 8.30. The molecule has 3 heteroatoms. The minimum Gasteiger partial charge on any atom is -0.0683 e. The highest BCUT2D eigenvalue weighted by Crippen LogP contribution is 2.30. The second-order valence-electron chi connectivity index (χ2n) is 3.37. The summed E-state index contributed by atoms with van der Waals surface area (Å²) < 4.78 is 0. The molecule has 0 saturated heterocycles. The van der Waals surface area contributed by atoms with Crippen LogP contribution in [0.25, 0.3) is 16.0 Å². The molecule has 0 atom stereocenters. The van der Waals surface area contributed by atoms with Crippen LogP contribution in [0.5, 0.6) is 0 Å². The Balaban J connectivity index is 2.45. The van der Waals surface area contributed by atoms with E-state index in [0.29, 0.717) is 0 Å². The quantitative estimate of drug-likeness (QED) is 0.364. The van der Waals surface area contributed by atoms with E-state index in [-0.39, 0.29) is 0 Å². The second-order valence-corrected chi connectivity index (χ2v) is 3.37. The van der Waals surface area contributed by atoms with Gasteiger partial charge in [0.25, 0.3) is 0 Å². The first-order valence-electron chi connectivity index (χ1n) is 4.73. The zero-order chi connectivity index (χ0) is 9.80. The van der Waals surface area contributed by atoms with Gasteiger partial charge in [0.05, 0.1) is 0 Å². The third-order valence-electron chi connectivity index (χ3n) is 2.52. The molecule has 1 aliphatic rings. The predicted octanol–water partition coefficient (Wildman–Crippen LogP) is 3.67. The van der Waals surface area contributed by atoms with E-state index in [9.17, 15) is 0 Å². The number of rotatable bonds is 1. The van der Waals surface area contributed by atoms with Gasteiger partial charge in [0.15, 0.2) is 0 Å². The van der Waals surface area contributed by atoms with Crippen LogP contribution in [0.3, 0.4) is 0 Å². The molecule has 3 nitrogen and oxygen atoms in total. The normalized spacial score (nSPS) is 17.3. The number of hydrogen-bond donors (Lipinski definition) is 0. The van der Waals surface area contributed by atoms with E-state index < -0.39 is 0 Å². The highest BCUT2D eigenvalue weighted by atomic mass is 15.1. The maximum atomic E-state index is 8.26. The lowest BCUT2D eigenvalue weighted by Gasteiger charge is -2.17. The minimum atomic E-state index is 1.01. The van der Waals surface area contributed by atoms with Crippen LogP contribution in [0.4, 0.5) is 0 Å². The molecule has 0 spiro atoms. The molecule has 2 rings (SSSR count). The van der Waals surface area contributed by atoms with Gasteiger partial charge in [-0.1, -0.05) is 29.4 Å². The number of azide groups is 1. The van der Waals surface area contributed by atoms with Crippen molar-refractivity contribution in [3.8, 4) is 0 Å². The average Bonchev–Trinajstić information content (AvgIpc) is 2.26. The van der Waals surface area contributed by atoms with E-state index >= 15 is 0 Å². The Kier molecular flexibility index (Phi) is 2.52. The van der Waals surface area contributed by atoms with Gasteiger partial charge in [-0.3, -0.25) is 0 Å². The molecule has 0 fully saturated rings. The van der Waals surface area contributed by atoms with Gasteiger partial charge in [0.1, 0.15) is 0 Å². The van der Waals surface area contributed by atoms with Crippen molar-refractivity contribution < 1.29 is 0 Å². The van der Waals surface area contributed by atoms with Crippen LogP contribution < -0.4 is 0 Å². The summed E-state index contributed by atoms with van der Waals surface area (Å²) in [5.41, 5.74) is 12.0. The van der Waals surface area contributed by atoms with E-state index in [2.05, 4.69) is 28.2 Å². The van der Waals surface area contributed by atoms with Crippen molar-refractivity contribution >= 4 is 5.57 Å². The topological polar surface area (TPSA) is 48.8 Å². The van der Waals surface area contributed by atoms with Crippen LogP contribution in [-0.4, -0.2) is 0 Å². The van der Waals surface area contributed by atoms with Crippen molar-refractivity contribution in [1.82, 2.24) is 0 Å². The summed E-state index contributed by atoms with van der Waals surface area (Å²) in [4.78, 5) is 2.75. The van der Waals surface area contributed by atoms with Crippen molar-refractivity contribution in [3.63, 3.8) is 0 Å². The monoisotopic (exact) mass is 185 g/mol. The van der Waals surface area contributed by atoms with Gasteiger partial charge >= 0.3 is 0 Å². The molecule has 0 unspecified atom stereocenters. The van der Waals surface area contributed by atoms with Crippen molar-refractivity contribution in [1.29, 1.82) is 0 Å². The number of allylic oxidation sites excluding steroid dienone is 1. The van der Waals surface area contributed by atoms with Gasteiger partial charge in [0, 0.05) is 11.1 Å². The van der Waals surface area contributed by atoms with Gasteiger partial charge < -0.3 is 0 Å². The summed E-state index contributed by atoms with van der Waals surface area (Å²) in [6.45, 7) is 0. The van der Waals surface area contributed by atoms with Crippen molar-refractivity contribution in [2.45, 2.75) is 19.3 Å².